The minimum atomic E-state index is 0. The maximum atomic E-state index is 5.76. The van der Waals surface area contributed by atoms with Gasteiger partial charge in [-0.2, -0.15) is 0 Å². The van der Waals surface area contributed by atoms with Gasteiger partial charge in [-0.05, 0) is 29.9 Å². The lowest BCUT2D eigenvalue weighted by Crippen LogP contribution is -2.46. The highest BCUT2D eigenvalue weighted by Gasteiger charge is 2.23. The van der Waals surface area contributed by atoms with Crippen LogP contribution in [0.3, 0.4) is 0 Å². The summed E-state index contributed by atoms with van der Waals surface area (Å²) in [6, 6.07) is 15.1. The molecule has 0 aliphatic carbocycles. The highest BCUT2D eigenvalue weighted by Crippen LogP contribution is 2.25. The third-order valence-electron chi connectivity index (χ3n) is 5.18. The number of halogens is 1. The van der Waals surface area contributed by atoms with Crippen LogP contribution in [0.1, 0.15) is 22.9 Å². The van der Waals surface area contributed by atoms with Crippen LogP contribution in [-0.2, 0) is 15.9 Å². The van der Waals surface area contributed by atoms with E-state index in [1.165, 1.54) is 10.4 Å². The maximum Gasteiger partial charge on any atom is 0.191 e. The zero-order valence-electron chi connectivity index (χ0n) is 18.3. The number of rotatable bonds is 11. The summed E-state index contributed by atoms with van der Waals surface area (Å²) in [6.45, 7) is 6.73. The van der Waals surface area contributed by atoms with Crippen molar-refractivity contribution in [2.45, 2.75) is 18.9 Å². The molecule has 3 rings (SSSR count). The molecular weight excluding hydrogens is 523 g/mol. The van der Waals surface area contributed by atoms with Crippen LogP contribution < -0.4 is 10.6 Å². The predicted molar refractivity (Wildman–Crippen MR) is 140 cm³/mol. The zero-order valence-corrected chi connectivity index (χ0v) is 21.4. The molecule has 1 saturated heterocycles. The average Bonchev–Trinajstić information content (AvgIpc) is 3.33. The average molecular weight is 559 g/mol. The molecule has 1 aliphatic heterocycles. The molecule has 1 unspecified atom stereocenters. The standard InChI is InChI=1S/C23H34N4O2S.HI/c1-24-23(25-11-6-14-28-15-10-20-7-3-2-4-8-20)26-19-21(22-9-5-18-30-22)27-12-16-29-17-13-27;/h2-5,7-9,18,21H,6,10-17,19H2,1H3,(H2,24,25,26);1H. The van der Waals surface area contributed by atoms with Crippen molar-refractivity contribution in [3.8, 4) is 0 Å². The van der Waals surface area contributed by atoms with Crippen LogP contribution in [0.4, 0.5) is 0 Å². The van der Waals surface area contributed by atoms with Gasteiger partial charge in [0.15, 0.2) is 5.96 Å². The SMILES string of the molecule is CN=C(NCCCOCCc1ccccc1)NCC(c1cccs1)N1CCOCC1.I. The molecular formula is C23H35IN4O2S. The molecule has 1 aromatic carbocycles. The molecule has 1 fully saturated rings. The highest BCUT2D eigenvalue weighted by molar-refractivity contribution is 14.0. The Morgan fingerprint density at radius 3 is 2.65 bits per heavy atom. The van der Waals surface area contributed by atoms with Gasteiger partial charge in [-0.3, -0.25) is 9.89 Å². The minimum Gasteiger partial charge on any atom is -0.381 e. The van der Waals surface area contributed by atoms with Gasteiger partial charge in [0.25, 0.3) is 0 Å². The molecule has 1 atom stereocenters. The molecule has 1 aromatic heterocycles. The van der Waals surface area contributed by atoms with Gasteiger partial charge in [0, 0.05) is 44.7 Å². The first-order valence-electron chi connectivity index (χ1n) is 10.8. The number of benzene rings is 1. The maximum absolute atomic E-state index is 5.76. The van der Waals surface area contributed by atoms with Crippen molar-refractivity contribution in [2.75, 3.05) is 59.7 Å². The molecule has 2 aromatic rings. The fraction of sp³-hybridized carbons (Fsp3) is 0.522. The number of morpholine rings is 1. The van der Waals surface area contributed by atoms with Crippen LogP contribution >= 0.6 is 35.3 Å². The zero-order chi connectivity index (χ0) is 20.9. The molecule has 0 radical (unpaired) electrons. The Balaban J connectivity index is 0.00000341. The smallest absolute Gasteiger partial charge is 0.191 e. The Kier molecular flexibility index (Phi) is 13.1. The number of guanidine groups is 1. The van der Waals surface area contributed by atoms with Crippen LogP contribution in [0.25, 0.3) is 0 Å². The number of nitrogens with zero attached hydrogens (tertiary/aromatic N) is 2. The largest absolute Gasteiger partial charge is 0.381 e. The Morgan fingerprint density at radius 1 is 1.13 bits per heavy atom. The summed E-state index contributed by atoms with van der Waals surface area (Å²) in [5, 5.41) is 9.05. The summed E-state index contributed by atoms with van der Waals surface area (Å²) < 4.78 is 11.3. The van der Waals surface area contributed by atoms with Gasteiger partial charge in [-0.1, -0.05) is 36.4 Å². The van der Waals surface area contributed by atoms with Crippen molar-refractivity contribution < 1.29 is 9.47 Å². The molecule has 2 heterocycles. The van der Waals surface area contributed by atoms with E-state index >= 15 is 0 Å². The summed E-state index contributed by atoms with van der Waals surface area (Å²) in [7, 11) is 1.82. The van der Waals surface area contributed by atoms with Gasteiger partial charge < -0.3 is 20.1 Å². The molecule has 6 nitrogen and oxygen atoms in total. The summed E-state index contributed by atoms with van der Waals surface area (Å²) in [5.41, 5.74) is 1.32. The summed E-state index contributed by atoms with van der Waals surface area (Å²) in [4.78, 5) is 8.25. The van der Waals surface area contributed by atoms with Crippen LogP contribution in [0.5, 0.6) is 0 Å². The van der Waals surface area contributed by atoms with E-state index in [9.17, 15) is 0 Å². The third kappa shape index (κ3) is 9.44. The molecule has 0 saturated carbocycles. The second-order valence-electron chi connectivity index (χ2n) is 7.26. The molecule has 1 aliphatic rings. The number of thiophene rings is 1. The van der Waals surface area contributed by atoms with Crippen molar-refractivity contribution in [2.24, 2.45) is 4.99 Å². The van der Waals surface area contributed by atoms with Crippen molar-refractivity contribution in [1.29, 1.82) is 0 Å². The van der Waals surface area contributed by atoms with E-state index in [4.69, 9.17) is 9.47 Å². The molecule has 31 heavy (non-hydrogen) atoms. The topological polar surface area (TPSA) is 58.1 Å². The second-order valence-corrected chi connectivity index (χ2v) is 8.24. The molecule has 0 spiro atoms. The quantitative estimate of drug-likeness (QED) is 0.191. The van der Waals surface area contributed by atoms with Gasteiger partial charge in [0.1, 0.15) is 0 Å². The molecule has 0 bridgehead atoms. The number of nitrogens with one attached hydrogen (secondary N) is 2. The van der Waals surface area contributed by atoms with Gasteiger partial charge >= 0.3 is 0 Å². The molecule has 8 heteroatoms. The monoisotopic (exact) mass is 558 g/mol. The van der Waals surface area contributed by atoms with Gasteiger partial charge in [0.2, 0.25) is 0 Å². The van der Waals surface area contributed by atoms with Crippen LogP contribution in [-0.4, -0.2) is 70.5 Å². The van der Waals surface area contributed by atoms with Gasteiger partial charge in [-0.25, -0.2) is 0 Å². The van der Waals surface area contributed by atoms with E-state index in [0.29, 0.717) is 6.04 Å². The van der Waals surface area contributed by atoms with Crippen molar-refractivity contribution in [3.63, 3.8) is 0 Å². The number of hydrogen-bond acceptors (Lipinski definition) is 5. The first-order chi connectivity index (χ1) is 14.9. The Morgan fingerprint density at radius 2 is 1.94 bits per heavy atom. The Hall–Kier alpha value is -1.20. The number of hydrogen-bond donors (Lipinski definition) is 2. The highest BCUT2D eigenvalue weighted by atomic mass is 127. The first kappa shape index (κ1) is 26.1. The van der Waals surface area contributed by atoms with Gasteiger partial charge in [0.05, 0.1) is 25.9 Å². The van der Waals surface area contributed by atoms with Crippen LogP contribution in [0.15, 0.2) is 52.8 Å². The van der Waals surface area contributed by atoms with Crippen LogP contribution in [0.2, 0.25) is 0 Å². The number of aliphatic imine (C=N–C) groups is 1. The summed E-state index contributed by atoms with van der Waals surface area (Å²) in [6.07, 6.45) is 1.91. The predicted octanol–water partition coefficient (Wildman–Crippen LogP) is 3.55. The van der Waals surface area contributed by atoms with Crippen molar-refractivity contribution in [1.82, 2.24) is 15.5 Å². The molecule has 0 amide bonds. The second kappa shape index (κ2) is 15.6. The van der Waals surface area contributed by atoms with E-state index < -0.39 is 0 Å². The summed E-state index contributed by atoms with van der Waals surface area (Å²) in [5.74, 6) is 0.842. The molecule has 2 N–H and O–H groups in total. The van der Waals surface area contributed by atoms with E-state index in [0.717, 1.165) is 71.4 Å². The van der Waals surface area contributed by atoms with E-state index in [2.05, 4.69) is 62.3 Å². The van der Waals surface area contributed by atoms with Crippen LogP contribution in [0, 0.1) is 0 Å². The first-order valence-corrected chi connectivity index (χ1v) is 11.7. The molecule has 172 valence electrons. The minimum absolute atomic E-state index is 0. The lowest BCUT2D eigenvalue weighted by Gasteiger charge is -2.34. The Labute approximate surface area is 207 Å². The van der Waals surface area contributed by atoms with Crippen molar-refractivity contribution in [3.05, 3.63) is 58.3 Å². The third-order valence-corrected chi connectivity index (χ3v) is 6.15. The van der Waals surface area contributed by atoms with E-state index in [-0.39, 0.29) is 24.0 Å². The van der Waals surface area contributed by atoms with Gasteiger partial charge in [-0.15, -0.1) is 35.3 Å². The van der Waals surface area contributed by atoms with Crippen molar-refractivity contribution >= 4 is 41.3 Å². The summed E-state index contributed by atoms with van der Waals surface area (Å²) >= 11 is 1.81. The fourth-order valence-corrected chi connectivity index (χ4v) is 4.37. The lowest BCUT2D eigenvalue weighted by molar-refractivity contribution is 0.0177. The number of ether oxygens (including phenoxy) is 2. The lowest BCUT2D eigenvalue weighted by atomic mass is 10.2. The normalized spacial score (nSPS) is 15.8. The Bertz CT molecular complexity index is 724. The van der Waals surface area contributed by atoms with E-state index in [1.807, 2.05) is 24.5 Å². The fourth-order valence-electron chi connectivity index (χ4n) is 3.51. The van der Waals surface area contributed by atoms with E-state index in [1.54, 1.807) is 0 Å².